The molecule has 0 spiro atoms. The van der Waals surface area contributed by atoms with Crippen molar-refractivity contribution >= 4 is 29.0 Å². The SMILES string of the molecule is CCC(CC)(CO)NC(=O)Nc1ccc(N(C)C)c(Cl)c1. The van der Waals surface area contributed by atoms with E-state index in [0.29, 0.717) is 23.6 Å². The van der Waals surface area contributed by atoms with Crippen LogP contribution in [0.15, 0.2) is 18.2 Å². The molecule has 6 heteroatoms. The molecule has 0 aromatic heterocycles. The monoisotopic (exact) mass is 313 g/mol. The fraction of sp³-hybridized carbons (Fsp3) is 0.533. The van der Waals surface area contributed by atoms with E-state index in [9.17, 15) is 9.90 Å². The van der Waals surface area contributed by atoms with Crippen LogP contribution in [0.5, 0.6) is 0 Å². The Morgan fingerprint density at radius 3 is 2.38 bits per heavy atom. The first kappa shape index (κ1) is 17.6. The third-order valence-electron chi connectivity index (χ3n) is 3.72. The zero-order valence-corrected chi connectivity index (χ0v) is 13.8. The van der Waals surface area contributed by atoms with Gasteiger partial charge in [-0.1, -0.05) is 25.4 Å². The van der Waals surface area contributed by atoms with E-state index in [1.165, 1.54) is 0 Å². The summed E-state index contributed by atoms with van der Waals surface area (Å²) in [5.74, 6) is 0. The molecule has 5 nitrogen and oxygen atoms in total. The van der Waals surface area contributed by atoms with E-state index in [-0.39, 0.29) is 12.6 Å². The number of urea groups is 1. The van der Waals surface area contributed by atoms with Crippen LogP contribution >= 0.6 is 11.6 Å². The summed E-state index contributed by atoms with van der Waals surface area (Å²) in [6.45, 7) is 3.78. The molecule has 3 N–H and O–H groups in total. The van der Waals surface area contributed by atoms with Crippen molar-refractivity contribution in [3.63, 3.8) is 0 Å². The van der Waals surface area contributed by atoms with Gasteiger partial charge in [0.2, 0.25) is 0 Å². The Bertz CT molecular complexity index is 480. The van der Waals surface area contributed by atoms with Gasteiger partial charge in [-0.3, -0.25) is 0 Å². The maximum atomic E-state index is 12.0. The predicted molar refractivity (Wildman–Crippen MR) is 88.3 cm³/mol. The van der Waals surface area contributed by atoms with Crippen LogP contribution in [0.2, 0.25) is 5.02 Å². The quantitative estimate of drug-likeness (QED) is 0.756. The summed E-state index contributed by atoms with van der Waals surface area (Å²) in [6.07, 6.45) is 1.32. The van der Waals surface area contributed by atoms with Gasteiger partial charge in [-0.25, -0.2) is 4.79 Å². The number of anilines is 2. The van der Waals surface area contributed by atoms with Crippen molar-refractivity contribution in [2.75, 3.05) is 30.9 Å². The van der Waals surface area contributed by atoms with Crippen LogP contribution in [0, 0.1) is 0 Å². The summed E-state index contributed by atoms with van der Waals surface area (Å²) in [5, 5.41) is 15.6. The first-order valence-corrected chi connectivity index (χ1v) is 7.42. The molecule has 0 radical (unpaired) electrons. The number of nitrogens with zero attached hydrogens (tertiary/aromatic N) is 1. The number of carbonyl (C=O) groups excluding carboxylic acids is 1. The molecule has 0 atom stereocenters. The van der Waals surface area contributed by atoms with Gasteiger partial charge in [-0.05, 0) is 31.0 Å². The van der Waals surface area contributed by atoms with E-state index >= 15 is 0 Å². The second kappa shape index (κ2) is 7.52. The summed E-state index contributed by atoms with van der Waals surface area (Å²) in [7, 11) is 3.80. The summed E-state index contributed by atoms with van der Waals surface area (Å²) < 4.78 is 0. The fourth-order valence-electron chi connectivity index (χ4n) is 2.04. The number of aliphatic hydroxyl groups is 1. The summed E-state index contributed by atoms with van der Waals surface area (Å²) in [6, 6.07) is 4.99. The van der Waals surface area contributed by atoms with E-state index < -0.39 is 5.54 Å². The van der Waals surface area contributed by atoms with Crippen molar-refractivity contribution in [1.82, 2.24) is 5.32 Å². The van der Waals surface area contributed by atoms with Crippen LogP contribution in [0.1, 0.15) is 26.7 Å². The molecular formula is C15H24ClN3O2. The third kappa shape index (κ3) is 4.51. The van der Waals surface area contributed by atoms with Crippen molar-refractivity contribution in [3.8, 4) is 0 Å². The molecule has 0 aliphatic carbocycles. The Morgan fingerprint density at radius 2 is 1.95 bits per heavy atom. The minimum Gasteiger partial charge on any atom is -0.394 e. The summed E-state index contributed by atoms with van der Waals surface area (Å²) >= 11 is 6.17. The second-order valence-corrected chi connectivity index (χ2v) is 5.69. The Morgan fingerprint density at radius 1 is 1.33 bits per heavy atom. The van der Waals surface area contributed by atoms with Crippen molar-refractivity contribution in [3.05, 3.63) is 23.2 Å². The minimum absolute atomic E-state index is 0.0895. The van der Waals surface area contributed by atoms with Crippen LogP contribution in [-0.2, 0) is 0 Å². The number of nitrogens with one attached hydrogen (secondary N) is 2. The van der Waals surface area contributed by atoms with Crippen LogP contribution in [-0.4, -0.2) is 37.4 Å². The van der Waals surface area contributed by atoms with Gasteiger partial charge in [0, 0.05) is 19.8 Å². The zero-order valence-electron chi connectivity index (χ0n) is 13.0. The van der Waals surface area contributed by atoms with Crippen molar-refractivity contribution in [2.24, 2.45) is 0 Å². The standard InChI is InChI=1S/C15H24ClN3O2/c1-5-15(6-2,10-20)18-14(21)17-11-7-8-13(19(3)4)12(16)9-11/h7-9,20H,5-6,10H2,1-4H3,(H2,17,18,21). The number of amides is 2. The van der Waals surface area contributed by atoms with Gasteiger partial charge in [0.05, 0.1) is 22.9 Å². The van der Waals surface area contributed by atoms with Crippen molar-refractivity contribution in [2.45, 2.75) is 32.2 Å². The molecule has 118 valence electrons. The lowest BCUT2D eigenvalue weighted by molar-refractivity contribution is 0.155. The smallest absolute Gasteiger partial charge is 0.319 e. The maximum Gasteiger partial charge on any atom is 0.319 e. The molecule has 0 unspecified atom stereocenters. The largest absolute Gasteiger partial charge is 0.394 e. The second-order valence-electron chi connectivity index (χ2n) is 5.29. The van der Waals surface area contributed by atoms with E-state index in [2.05, 4.69) is 10.6 Å². The highest BCUT2D eigenvalue weighted by atomic mass is 35.5. The molecular weight excluding hydrogens is 290 g/mol. The number of halogens is 1. The van der Waals surface area contributed by atoms with E-state index in [0.717, 1.165) is 5.69 Å². The fourth-order valence-corrected chi connectivity index (χ4v) is 2.39. The van der Waals surface area contributed by atoms with Crippen LogP contribution < -0.4 is 15.5 Å². The third-order valence-corrected chi connectivity index (χ3v) is 4.03. The number of hydrogen-bond donors (Lipinski definition) is 3. The lowest BCUT2D eigenvalue weighted by atomic mass is 9.94. The molecule has 2 amide bonds. The molecule has 0 aliphatic rings. The van der Waals surface area contributed by atoms with Crippen molar-refractivity contribution in [1.29, 1.82) is 0 Å². The molecule has 0 heterocycles. The number of hydrogen-bond acceptors (Lipinski definition) is 3. The van der Waals surface area contributed by atoms with Gasteiger partial charge in [0.25, 0.3) is 0 Å². The Labute approximate surface area is 131 Å². The molecule has 0 bridgehead atoms. The van der Waals surface area contributed by atoms with E-state index in [4.69, 9.17) is 11.6 Å². The zero-order chi connectivity index (χ0) is 16.0. The molecule has 21 heavy (non-hydrogen) atoms. The highest BCUT2D eigenvalue weighted by Crippen LogP contribution is 2.27. The van der Waals surface area contributed by atoms with Crippen LogP contribution in [0.4, 0.5) is 16.2 Å². The minimum atomic E-state index is -0.586. The average molecular weight is 314 g/mol. The average Bonchev–Trinajstić information content (AvgIpc) is 2.44. The van der Waals surface area contributed by atoms with E-state index in [1.54, 1.807) is 12.1 Å². The lowest BCUT2D eigenvalue weighted by Crippen LogP contribution is -2.52. The summed E-state index contributed by atoms with van der Waals surface area (Å²) in [5.41, 5.74) is 0.911. The molecule has 0 aliphatic heterocycles. The summed E-state index contributed by atoms with van der Waals surface area (Å²) in [4.78, 5) is 13.9. The number of rotatable bonds is 6. The molecule has 0 saturated heterocycles. The van der Waals surface area contributed by atoms with Gasteiger partial charge in [-0.15, -0.1) is 0 Å². The van der Waals surface area contributed by atoms with Gasteiger partial charge in [-0.2, -0.15) is 0 Å². The van der Waals surface area contributed by atoms with Crippen molar-refractivity contribution < 1.29 is 9.90 Å². The maximum absolute atomic E-state index is 12.0. The Balaban J connectivity index is 2.77. The van der Waals surface area contributed by atoms with Gasteiger partial charge in [0.1, 0.15) is 0 Å². The lowest BCUT2D eigenvalue weighted by Gasteiger charge is -2.30. The topological polar surface area (TPSA) is 64.6 Å². The van der Waals surface area contributed by atoms with Crippen LogP contribution in [0.3, 0.4) is 0 Å². The van der Waals surface area contributed by atoms with Gasteiger partial charge < -0.3 is 20.6 Å². The number of aliphatic hydroxyl groups excluding tert-OH is 1. The molecule has 0 fully saturated rings. The van der Waals surface area contributed by atoms with E-state index in [1.807, 2.05) is 38.9 Å². The highest BCUT2D eigenvalue weighted by molar-refractivity contribution is 6.33. The predicted octanol–water partition coefficient (Wildman–Crippen LogP) is 3.08. The van der Waals surface area contributed by atoms with Crippen LogP contribution in [0.25, 0.3) is 0 Å². The number of carbonyl (C=O) groups is 1. The Kier molecular flexibility index (Phi) is 6.30. The molecule has 0 saturated carbocycles. The number of benzene rings is 1. The van der Waals surface area contributed by atoms with Gasteiger partial charge in [0.15, 0.2) is 0 Å². The Hall–Kier alpha value is -1.46. The first-order chi connectivity index (χ1) is 9.87. The first-order valence-electron chi connectivity index (χ1n) is 7.04. The molecule has 1 rings (SSSR count). The molecule has 1 aromatic rings. The highest BCUT2D eigenvalue weighted by Gasteiger charge is 2.27. The normalized spacial score (nSPS) is 11.1. The molecule has 1 aromatic carbocycles. The van der Waals surface area contributed by atoms with Gasteiger partial charge >= 0.3 is 6.03 Å².